The Hall–Kier alpha value is -2.58. The molecule has 0 bridgehead atoms. The number of amides is 3. The van der Waals surface area contributed by atoms with Gasteiger partial charge in [0.25, 0.3) is 17.7 Å². The largest absolute Gasteiger partial charge is 0.350 e. The molecule has 2 aromatic rings. The van der Waals surface area contributed by atoms with Gasteiger partial charge >= 0.3 is 0 Å². The van der Waals surface area contributed by atoms with Gasteiger partial charge in [-0.25, -0.2) is 4.90 Å². The first-order valence-corrected chi connectivity index (χ1v) is 12.0. The molecule has 34 heavy (non-hydrogen) atoms. The molecule has 0 radical (unpaired) electrons. The summed E-state index contributed by atoms with van der Waals surface area (Å²) < 4.78 is 0. The number of anilines is 2. The van der Waals surface area contributed by atoms with Crippen molar-refractivity contribution in [1.82, 2.24) is 4.90 Å². The third-order valence-corrected chi connectivity index (χ3v) is 7.00. The van der Waals surface area contributed by atoms with Crippen LogP contribution in [-0.4, -0.2) is 55.8 Å². The summed E-state index contributed by atoms with van der Waals surface area (Å²) in [5.41, 5.74) is 1.22. The zero-order valence-corrected chi connectivity index (χ0v) is 21.0. The quantitative estimate of drug-likeness (QED) is 0.592. The Morgan fingerprint density at radius 1 is 1.00 bits per heavy atom. The fourth-order valence-corrected chi connectivity index (χ4v) is 4.93. The molecule has 2 aromatic carbocycles. The standard InChI is InChI=1S/C24H23Cl3N4O3/c1-29-9-7-18(8-10-29)30(2)22(32)14-3-5-17(6-4-14)28-21-20(27)23(33)31(24(21)34)19-12-15(25)11-16(26)13-19/h3-6,11-13,18,28H,7-10H2,1-2H3/p+1. The van der Waals surface area contributed by atoms with Crippen molar-refractivity contribution in [3.8, 4) is 0 Å². The minimum atomic E-state index is -0.680. The SMILES string of the molecule is CN(C(=O)c1ccc(NC2=C(Cl)C(=O)N(c3cc(Cl)cc(Cl)c3)C2=O)cc1)C1CC[NH+](C)CC1. The van der Waals surface area contributed by atoms with Gasteiger partial charge in [0.05, 0.1) is 25.8 Å². The van der Waals surface area contributed by atoms with Crippen LogP contribution in [0, 0.1) is 0 Å². The second kappa shape index (κ2) is 9.96. The van der Waals surface area contributed by atoms with E-state index in [0.29, 0.717) is 11.3 Å². The molecule has 0 unspecified atom stereocenters. The lowest BCUT2D eigenvalue weighted by Gasteiger charge is -2.33. The molecule has 2 aliphatic rings. The lowest BCUT2D eigenvalue weighted by molar-refractivity contribution is -0.885. The Labute approximate surface area is 212 Å². The van der Waals surface area contributed by atoms with E-state index in [4.69, 9.17) is 34.8 Å². The number of carbonyl (C=O) groups is 3. The molecule has 0 aliphatic carbocycles. The van der Waals surface area contributed by atoms with Gasteiger partial charge in [-0.2, -0.15) is 0 Å². The lowest BCUT2D eigenvalue weighted by Crippen LogP contribution is -3.10. The van der Waals surface area contributed by atoms with Crippen LogP contribution in [-0.2, 0) is 9.59 Å². The number of benzene rings is 2. The highest BCUT2D eigenvalue weighted by molar-refractivity contribution is 6.53. The summed E-state index contributed by atoms with van der Waals surface area (Å²) >= 11 is 18.2. The first-order valence-electron chi connectivity index (χ1n) is 10.9. The Morgan fingerprint density at radius 3 is 2.18 bits per heavy atom. The Balaban J connectivity index is 1.47. The van der Waals surface area contributed by atoms with Crippen LogP contribution in [0.2, 0.25) is 10.0 Å². The summed E-state index contributed by atoms with van der Waals surface area (Å²) in [6, 6.07) is 11.4. The topological polar surface area (TPSA) is 74.2 Å². The van der Waals surface area contributed by atoms with Gasteiger partial charge in [0, 0.05) is 47.2 Å². The van der Waals surface area contributed by atoms with Gasteiger partial charge in [-0.15, -0.1) is 0 Å². The van der Waals surface area contributed by atoms with Crippen molar-refractivity contribution < 1.29 is 19.3 Å². The summed E-state index contributed by atoms with van der Waals surface area (Å²) in [6.45, 7) is 2.10. The highest BCUT2D eigenvalue weighted by Gasteiger charge is 2.39. The van der Waals surface area contributed by atoms with Crippen LogP contribution in [0.15, 0.2) is 53.2 Å². The number of piperidine rings is 1. The first kappa shape index (κ1) is 24.5. The Morgan fingerprint density at radius 2 is 1.59 bits per heavy atom. The minimum Gasteiger partial charge on any atom is -0.350 e. The van der Waals surface area contributed by atoms with Gasteiger partial charge in [0.15, 0.2) is 0 Å². The summed E-state index contributed by atoms with van der Waals surface area (Å²) in [7, 11) is 4.00. The summed E-state index contributed by atoms with van der Waals surface area (Å²) in [5, 5.41) is 3.23. The number of hydrogen-bond donors (Lipinski definition) is 2. The van der Waals surface area contributed by atoms with Crippen LogP contribution in [0.1, 0.15) is 23.2 Å². The van der Waals surface area contributed by atoms with Crippen molar-refractivity contribution in [2.75, 3.05) is 37.4 Å². The predicted molar refractivity (Wildman–Crippen MR) is 134 cm³/mol. The second-order valence-corrected chi connectivity index (χ2v) is 9.82. The van der Waals surface area contributed by atoms with E-state index in [-0.39, 0.29) is 38.4 Å². The van der Waals surface area contributed by atoms with Crippen LogP contribution >= 0.6 is 34.8 Å². The fourth-order valence-electron chi connectivity index (χ4n) is 4.21. The van der Waals surface area contributed by atoms with Crippen LogP contribution in [0.3, 0.4) is 0 Å². The van der Waals surface area contributed by atoms with Crippen LogP contribution < -0.4 is 15.1 Å². The van der Waals surface area contributed by atoms with Gasteiger partial charge in [0.2, 0.25) is 0 Å². The van der Waals surface area contributed by atoms with Crippen molar-refractivity contribution in [1.29, 1.82) is 0 Å². The van der Waals surface area contributed by atoms with Crippen LogP contribution in [0.25, 0.3) is 0 Å². The average Bonchev–Trinajstić information content (AvgIpc) is 3.01. The fraction of sp³-hybridized carbons (Fsp3) is 0.292. The molecule has 10 heteroatoms. The molecular formula is C24H24Cl3N4O3+. The number of imide groups is 1. The van der Waals surface area contributed by atoms with Gasteiger partial charge in [-0.1, -0.05) is 34.8 Å². The van der Waals surface area contributed by atoms with E-state index in [0.717, 1.165) is 30.8 Å². The van der Waals surface area contributed by atoms with Crippen LogP contribution in [0.5, 0.6) is 0 Å². The molecule has 2 heterocycles. The molecule has 1 fully saturated rings. The smallest absolute Gasteiger partial charge is 0.283 e. The molecule has 0 aromatic heterocycles. The van der Waals surface area contributed by atoms with E-state index in [1.54, 1.807) is 29.2 Å². The zero-order chi connectivity index (χ0) is 24.6. The molecule has 4 rings (SSSR count). The summed E-state index contributed by atoms with van der Waals surface area (Å²) in [4.78, 5) is 42.8. The Bertz CT molecular complexity index is 1150. The summed E-state index contributed by atoms with van der Waals surface area (Å²) in [5.74, 6) is -1.36. The van der Waals surface area contributed by atoms with Crippen molar-refractivity contribution in [3.05, 3.63) is 68.8 Å². The number of carbonyl (C=O) groups excluding carboxylic acids is 3. The summed E-state index contributed by atoms with van der Waals surface area (Å²) in [6.07, 6.45) is 1.95. The van der Waals surface area contributed by atoms with E-state index in [9.17, 15) is 14.4 Å². The van der Waals surface area contributed by atoms with E-state index < -0.39 is 11.8 Å². The predicted octanol–water partition coefficient (Wildman–Crippen LogP) is 3.18. The molecule has 3 amide bonds. The zero-order valence-electron chi connectivity index (χ0n) is 18.7. The van der Waals surface area contributed by atoms with Crippen molar-refractivity contribution >= 4 is 63.9 Å². The molecule has 1 saturated heterocycles. The third kappa shape index (κ3) is 4.93. The monoisotopic (exact) mass is 521 g/mol. The molecular weight excluding hydrogens is 499 g/mol. The van der Waals surface area contributed by atoms with Gasteiger partial charge in [-0.05, 0) is 42.5 Å². The van der Waals surface area contributed by atoms with Crippen molar-refractivity contribution in [2.45, 2.75) is 18.9 Å². The molecule has 2 aliphatic heterocycles. The third-order valence-electron chi connectivity index (χ3n) is 6.21. The normalized spacial score (nSPS) is 20.7. The number of nitrogens with zero attached hydrogens (tertiary/aromatic N) is 2. The van der Waals surface area contributed by atoms with E-state index in [1.165, 1.54) is 23.1 Å². The minimum absolute atomic E-state index is 0.0514. The van der Waals surface area contributed by atoms with Crippen molar-refractivity contribution in [2.24, 2.45) is 0 Å². The molecule has 7 nitrogen and oxygen atoms in total. The molecule has 178 valence electrons. The van der Waals surface area contributed by atoms with E-state index in [2.05, 4.69) is 12.4 Å². The van der Waals surface area contributed by atoms with Crippen molar-refractivity contribution in [3.63, 3.8) is 0 Å². The number of nitrogens with one attached hydrogen (secondary N) is 2. The average molecular weight is 523 g/mol. The number of quaternary nitrogens is 1. The van der Waals surface area contributed by atoms with Gasteiger partial charge < -0.3 is 15.1 Å². The lowest BCUT2D eigenvalue weighted by atomic mass is 10.0. The number of rotatable bonds is 5. The first-order chi connectivity index (χ1) is 16.2. The molecule has 0 spiro atoms. The highest BCUT2D eigenvalue weighted by atomic mass is 35.5. The number of halogens is 3. The molecule has 2 N–H and O–H groups in total. The van der Waals surface area contributed by atoms with Crippen LogP contribution in [0.4, 0.5) is 11.4 Å². The number of hydrogen-bond acceptors (Lipinski definition) is 4. The van der Waals surface area contributed by atoms with E-state index in [1.807, 2.05) is 7.05 Å². The number of likely N-dealkylation sites (tertiary alicyclic amines) is 1. The Kier molecular flexibility index (Phi) is 7.19. The van der Waals surface area contributed by atoms with E-state index >= 15 is 0 Å². The maximum Gasteiger partial charge on any atom is 0.283 e. The molecule has 0 saturated carbocycles. The molecule has 0 atom stereocenters. The maximum atomic E-state index is 13.0. The highest BCUT2D eigenvalue weighted by Crippen LogP contribution is 2.33. The van der Waals surface area contributed by atoms with Gasteiger partial charge in [0.1, 0.15) is 10.7 Å². The second-order valence-electron chi connectivity index (χ2n) is 8.57. The maximum absolute atomic E-state index is 13.0. The van der Waals surface area contributed by atoms with Gasteiger partial charge in [-0.3, -0.25) is 14.4 Å².